The zero-order valence-electron chi connectivity index (χ0n) is 15.7. The van der Waals surface area contributed by atoms with Crippen LogP contribution in [-0.2, 0) is 9.53 Å². The number of carbonyl (C=O) groups excluding carboxylic acids is 1. The van der Waals surface area contributed by atoms with Crippen molar-refractivity contribution in [1.82, 2.24) is 5.32 Å². The number of hydrogen-bond donors (Lipinski definition) is 1. The predicted octanol–water partition coefficient (Wildman–Crippen LogP) is 4.98. The molecule has 0 spiro atoms. The van der Waals surface area contributed by atoms with Crippen LogP contribution in [0.25, 0.3) is 0 Å². The molecule has 134 valence electrons. The predicted molar refractivity (Wildman–Crippen MR) is 95.5 cm³/mol. The Bertz CT molecular complexity index is 390. The smallest absolute Gasteiger partial charge is 0.306 e. The quantitative estimate of drug-likeness (QED) is 0.480. The van der Waals surface area contributed by atoms with Gasteiger partial charge in [-0.15, -0.1) is 0 Å². The summed E-state index contributed by atoms with van der Waals surface area (Å²) in [6, 6.07) is 0. The van der Waals surface area contributed by atoms with Gasteiger partial charge in [0.05, 0.1) is 0 Å². The fourth-order valence-corrected chi connectivity index (χ4v) is 4.74. The van der Waals surface area contributed by atoms with Crippen molar-refractivity contribution in [2.24, 2.45) is 5.92 Å². The van der Waals surface area contributed by atoms with Crippen molar-refractivity contribution in [1.29, 1.82) is 0 Å². The van der Waals surface area contributed by atoms with Crippen LogP contribution < -0.4 is 5.32 Å². The van der Waals surface area contributed by atoms with Gasteiger partial charge in [-0.05, 0) is 40.0 Å². The third-order valence-corrected chi connectivity index (χ3v) is 5.93. The fourth-order valence-electron chi connectivity index (χ4n) is 4.74. The highest BCUT2D eigenvalue weighted by molar-refractivity contribution is 5.69. The van der Waals surface area contributed by atoms with Crippen LogP contribution in [0.15, 0.2) is 0 Å². The van der Waals surface area contributed by atoms with Gasteiger partial charge in [0, 0.05) is 29.8 Å². The molecule has 0 aromatic carbocycles. The van der Waals surface area contributed by atoms with Crippen molar-refractivity contribution in [3.05, 3.63) is 0 Å². The number of carbonyl (C=O) groups is 1. The zero-order valence-corrected chi connectivity index (χ0v) is 15.7. The Kier molecular flexibility index (Phi) is 6.53. The molecule has 1 saturated carbocycles. The molecule has 3 aliphatic rings. The van der Waals surface area contributed by atoms with Gasteiger partial charge in [0.2, 0.25) is 0 Å². The molecule has 0 radical (unpaired) electrons. The molecular weight excluding hydrogens is 286 g/mol. The first kappa shape index (κ1) is 18.8. The van der Waals surface area contributed by atoms with Crippen molar-refractivity contribution in [3.8, 4) is 0 Å². The minimum atomic E-state index is 0.0236. The molecule has 1 N–H and O–H groups in total. The van der Waals surface area contributed by atoms with Crippen LogP contribution in [0, 0.1) is 5.92 Å². The van der Waals surface area contributed by atoms with Gasteiger partial charge in [-0.3, -0.25) is 4.79 Å². The van der Waals surface area contributed by atoms with Gasteiger partial charge in [-0.1, -0.05) is 45.4 Å². The lowest BCUT2D eigenvalue weighted by atomic mass is 9.63. The van der Waals surface area contributed by atoms with Crippen molar-refractivity contribution in [2.75, 3.05) is 0 Å². The van der Waals surface area contributed by atoms with E-state index in [0.29, 0.717) is 12.3 Å². The maximum Gasteiger partial charge on any atom is 0.306 e. The maximum absolute atomic E-state index is 12.2. The van der Waals surface area contributed by atoms with Crippen LogP contribution >= 0.6 is 0 Å². The van der Waals surface area contributed by atoms with Crippen molar-refractivity contribution < 1.29 is 9.53 Å². The highest BCUT2D eigenvalue weighted by Gasteiger charge is 2.53. The molecule has 0 amide bonds. The lowest BCUT2D eigenvalue weighted by Gasteiger charge is -2.57. The number of rotatable bonds is 9. The van der Waals surface area contributed by atoms with Crippen LogP contribution in [0.3, 0.4) is 0 Å². The summed E-state index contributed by atoms with van der Waals surface area (Å²) >= 11 is 0. The summed E-state index contributed by atoms with van der Waals surface area (Å²) in [5.74, 6) is 0.484. The van der Waals surface area contributed by atoms with Crippen LogP contribution in [0.4, 0.5) is 0 Å². The van der Waals surface area contributed by atoms with Gasteiger partial charge >= 0.3 is 5.97 Å². The summed E-state index contributed by atoms with van der Waals surface area (Å²) < 4.78 is 5.89. The van der Waals surface area contributed by atoms with E-state index in [2.05, 4.69) is 33.0 Å². The Hall–Kier alpha value is -0.570. The highest BCUT2D eigenvalue weighted by Crippen LogP contribution is 2.46. The van der Waals surface area contributed by atoms with Gasteiger partial charge in [-0.2, -0.15) is 0 Å². The second kappa shape index (κ2) is 8.00. The molecule has 3 heteroatoms. The molecule has 3 nitrogen and oxygen atoms in total. The second-order valence-electron chi connectivity index (χ2n) is 8.66. The van der Waals surface area contributed by atoms with Crippen LogP contribution in [0.5, 0.6) is 0 Å². The van der Waals surface area contributed by atoms with Gasteiger partial charge < -0.3 is 10.1 Å². The standard InChI is InChI=1S/C20H37NO2/c1-5-6-7-8-9-10-11-12-18(22)23-17-15-20(4)14-13-16(17)19(2,3)21-20/h16-17,21H,5-15H2,1-4H3. The molecule has 0 aromatic rings. The topological polar surface area (TPSA) is 38.3 Å². The van der Waals surface area contributed by atoms with Crippen molar-refractivity contribution in [3.63, 3.8) is 0 Å². The largest absolute Gasteiger partial charge is 0.462 e. The maximum atomic E-state index is 12.2. The van der Waals surface area contributed by atoms with Gasteiger partial charge in [0.25, 0.3) is 0 Å². The molecule has 3 rings (SSSR count). The summed E-state index contributed by atoms with van der Waals surface area (Å²) in [5.41, 5.74) is 0.220. The number of esters is 1. The lowest BCUT2D eigenvalue weighted by molar-refractivity contribution is -0.164. The van der Waals surface area contributed by atoms with Gasteiger partial charge in [0.1, 0.15) is 6.10 Å². The molecule has 2 bridgehead atoms. The summed E-state index contributed by atoms with van der Waals surface area (Å²) in [7, 11) is 0. The summed E-state index contributed by atoms with van der Waals surface area (Å²) in [6.45, 7) is 9.03. The highest BCUT2D eigenvalue weighted by atomic mass is 16.5. The summed E-state index contributed by atoms with van der Waals surface area (Å²) in [6.07, 6.45) is 12.8. The lowest BCUT2D eigenvalue weighted by Crippen LogP contribution is -2.69. The van der Waals surface area contributed by atoms with E-state index in [-0.39, 0.29) is 23.2 Å². The average Bonchev–Trinajstić information content (AvgIpc) is 2.44. The van der Waals surface area contributed by atoms with E-state index in [0.717, 1.165) is 19.3 Å². The molecule has 23 heavy (non-hydrogen) atoms. The molecular formula is C20H37NO2. The van der Waals surface area contributed by atoms with Crippen LogP contribution in [0.1, 0.15) is 98.3 Å². The van der Waals surface area contributed by atoms with Crippen molar-refractivity contribution >= 4 is 5.97 Å². The van der Waals surface area contributed by atoms with E-state index >= 15 is 0 Å². The number of ether oxygens (including phenoxy) is 1. The van der Waals surface area contributed by atoms with E-state index in [9.17, 15) is 4.79 Å². The molecule has 3 unspecified atom stereocenters. The molecule has 1 aliphatic carbocycles. The third kappa shape index (κ3) is 5.20. The molecule has 2 heterocycles. The van der Waals surface area contributed by atoms with Crippen LogP contribution in [-0.4, -0.2) is 23.2 Å². The van der Waals surface area contributed by atoms with Crippen molar-refractivity contribution in [2.45, 2.75) is 116 Å². The second-order valence-corrected chi connectivity index (χ2v) is 8.66. The first-order chi connectivity index (χ1) is 10.9. The number of unbranched alkanes of at least 4 members (excludes halogenated alkanes) is 6. The molecule has 2 saturated heterocycles. The Morgan fingerprint density at radius 2 is 1.74 bits per heavy atom. The first-order valence-corrected chi connectivity index (χ1v) is 9.85. The Morgan fingerprint density at radius 1 is 1.09 bits per heavy atom. The number of nitrogens with one attached hydrogen (secondary N) is 1. The molecule has 3 atom stereocenters. The van der Waals surface area contributed by atoms with E-state index in [1.807, 2.05) is 0 Å². The van der Waals surface area contributed by atoms with E-state index in [4.69, 9.17) is 4.74 Å². The molecule has 0 aromatic heterocycles. The summed E-state index contributed by atoms with van der Waals surface area (Å²) in [4.78, 5) is 12.2. The van der Waals surface area contributed by atoms with Gasteiger partial charge in [-0.25, -0.2) is 0 Å². The Morgan fingerprint density at radius 3 is 2.35 bits per heavy atom. The van der Waals surface area contributed by atoms with E-state index in [1.165, 1.54) is 44.9 Å². The molecule has 2 aliphatic heterocycles. The Labute approximate surface area is 142 Å². The molecule has 3 fully saturated rings. The van der Waals surface area contributed by atoms with Gasteiger partial charge in [0.15, 0.2) is 0 Å². The fraction of sp³-hybridized carbons (Fsp3) is 0.950. The van der Waals surface area contributed by atoms with Crippen LogP contribution in [0.2, 0.25) is 0 Å². The number of piperidine rings is 2. The number of hydrogen-bond acceptors (Lipinski definition) is 3. The number of fused-ring (bicyclic) bond motifs is 3. The van der Waals surface area contributed by atoms with E-state index < -0.39 is 0 Å². The SMILES string of the molecule is CCCCCCCCCC(=O)OC1CC2(C)CCC1C(C)(C)N2. The first-order valence-electron chi connectivity index (χ1n) is 9.85. The third-order valence-electron chi connectivity index (χ3n) is 5.93. The Balaban J connectivity index is 1.67. The summed E-state index contributed by atoms with van der Waals surface area (Å²) in [5, 5.41) is 3.76. The monoisotopic (exact) mass is 323 g/mol. The average molecular weight is 324 g/mol. The minimum Gasteiger partial charge on any atom is -0.462 e. The normalized spacial score (nSPS) is 32.0. The zero-order chi connectivity index (χ0) is 16.9. The van der Waals surface area contributed by atoms with E-state index in [1.54, 1.807) is 0 Å². The minimum absolute atomic E-state index is 0.0236.